The maximum absolute atomic E-state index is 13.1. The Labute approximate surface area is 258 Å². The maximum atomic E-state index is 13.1. The molecule has 0 aliphatic heterocycles. The highest BCUT2D eigenvalue weighted by Gasteiger charge is 2.33. The number of hydrogen-bond acceptors (Lipinski definition) is 8. The van der Waals surface area contributed by atoms with Gasteiger partial charge in [-0.15, -0.1) is 0 Å². The average Bonchev–Trinajstić information content (AvgIpc) is 3.00. The molecule has 0 fully saturated rings. The van der Waals surface area contributed by atoms with Gasteiger partial charge in [0.1, 0.15) is 0 Å². The van der Waals surface area contributed by atoms with Crippen LogP contribution in [0.15, 0.2) is 97.1 Å². The van der Waals surface area contributed by atoms with E-state index in [9.17, 15) is 9.59 Å². The van der Waals surface area contributed by atoms with E-state index in [0.29, 0.717) is 11.1 Å². The number of nitrogens with two attached hydrogens (primary N) is 2. The number of ether oxygens (including phenoxy) is 4. The highest BCUT2D eigenvalue weighted by atomic mass is 16.7. The lowest BCUT2D eigenvalue weighted by molar-refractivity contribution is -0.211. The van der Waals surface area contributed by atoms with Crippen molar-refractivity contribution in [2.45, 2.75) is 65.6 Å². The molecule has 0 bridgehead atoms. The van der Waals surface area contributed by atoms with Crippen molar-refractivity contribution >= 4 is 11.9 Å². The van der Waals surface area contributed by atoms with Gasteiger partial charge in [-0.1, -0.05) is 119 Å². The standard InChI is InChI=1S/C36H40N2O6/c1-23-15-24(2)18-27(17-23)21-41-35(31(37)29-11-7-5-8-12-29)43-33(39)34(40)44-36(32(38)30-13-9-6-10-14-30)42-22-28-19-25(3)16-26(4)20-28/h5-20,31-32,35-36H,21-22,37-38H2,1-4H3/t31-,32-,35?,36?/m0/s1. The van der Waals surface area contributed by atoms with Gasteiger partial charge < -0.3 is 30.4 Å². The lowest BCUT2D eigenvalue weighted by Gasteiger charge is -2.26. The topological polar surface area (TPSA) is 123 Å². The Bertz CT molecular complexity index is 1390. The third kappa shape index (κ3) is 9.33. The minimum Gasteiger partial charge on any atom is -0.425 e. The van der Waals surface area contributed by atoms with E-state index >= 15 is 0 Å². The van der Waals surface area contributed by atoms with Crippen LogP contribution in [0.2, 0.25) is 0 Å². The zero-order valence-corrected chi connectivity index (χ0v) is 25.6. The Hall–Kier alpha value is -4.34. The first-order valence-corrected chi connectivity index (χ1v) is 14.5. The van der Waals surface area contributed by atoms with Gasteiger partial charge >= 0.3 is 11.9 Å². The Kier molecular flexibility index (Phi) is 11.4. The van der Waals surface area contributed by atoms with E-state index in [4.69, 9.17) is 30.4 Å². The summed E-state index contributed by atoms with van der Waals surface area (Å²) in [6.45, 7) is 8.15. The summed E-state index contributed by atoms with van der Waals surface area (Å²) < 4.78 is 23.1. The molecule has 4 atom stereocenters. The number of aryl methyl sites for hydroxylation is 4. The molecule has 2 unspecified atom stereocenters. The van der Waals surface area contributed by atoms with Crippen molar-refractivity contribution in [1.29, 1.82) is 0 Å². The van der Waals surface area contributed by atoms with Crippen molar-refractivity contribution in [2.75, 3.05) is 0 Å². The quantitative estimate of drug-likeness (QED) is 0.120. The van der Waals surface area contributed by atoms with Gasteiger partial charge in [-0.05, 0) is 49.9 Å². The van der Waals surface area contributed by atoms with E-state index in [1.165, 1.54) is 0 Å². The molecule has 4 rings (SSSR count). The van der Waals surface area contributed by atoms with Gasteiger partial charge in [0.05, 0.1) is 25.3 Å². The van der Waals surface area contributed by atoms with E-state index in [0.717, 1.165) is 33.4 Å². The summed E-state index contributed by atoms with van der Waals surface area (Å²) in [6.07, 6.45) is -2.56. The minimum atomic E-state index is -1.28. The number of carbonyl (C=O) groups is 2. The molecule has 0 saturated heterocycles. The molecule has 4 aromatic rings. The van der Waals surface area contributed by atoms with Gasteiger partial charge in [-0.25, -0.2) is 9.59 Å². The van der Waals surface area contributed by atoms with Crippen LogP contribution in [0, 0.1) is 27.7 Å². The zero-order chi connectivity index (χ0) is 31.6. The van der Waals surface area contributed by atoms with Crippen LogP contribution >= 0.6 is 0 Å². The van der Waals surface area contributed by atoms with Crippen LogP contribution in [0.5, 0.6) is 0 Å². The molecule has 4 N–H and O–H groups in total. The van der Waals surface area contributed by atoms with Crippen molar-refractivity contribution in [3.63, 3.8) is 0 Å². The third-order valence-electron chi connectivity index (χ3n) is 6.96. The van der Waals surface area contributed by atoms with Crippen LogP contribution in [-0.2, 0) is 41.8 Å². The van der Waals surface area contributed by atoms with Crippen LogP contribution < -0.4 is 11.5 Å². The van der Waals surface area contributed by atoms with Gasteiger partial charge in [0, 0.05) is 0 Å². The third-order valence-corrected chi connectivity index (χ3v) is 6.96. The first-order chi connectivity index (χ1) is 21.1. The number of esters is 2. The molecule has 44 heavy (non-hydrogen) atoms. The van der Waals surface area contributed by atoms with Crippen LogP contribution in [0.25, 0.3) is 0 Å². The summed E-state index contributed by atoms with van der Waals surface area (Å²) in [5.74, 6) is -2.55. The van der Waals surface area contributed by atoms with Crippen molar-refractivity contribution in [3.05, 3.63) is 142 Å². The first kappa shape index (κ1) is 32.6. The largest absolute Gasteiger partial charge is 0.425 e. The fourth-order valence-corrected chi connectivity index (χ4v) is 5.06. The monoisotopic (exact) mass is 596 g/mol. The highest BCUT2D eigenvalue weighted by Crippen LogP contribution is 2.23. The number of rotatable bonds is 12. The molecule has 8 heteroatoms. The molecule has 0 amide bonds. The van der Waals surface area contributed by atoms with Crippen LogP contribution in [0.3, 0.4) is 0 Å². The average molecular weight is 597 g/mol. The van der Waals surface area contributed by atoms with Crippen LogP contribution in [-0.4, -0.2) is 24.5 Å². The number of benzene rings is 4. The summed E-state index contributed by atoms with van der Waals surface area (Å²) in [5, 5.41) is 0. The Morgan fingerprint density at radius 3 is 1.18 bits per heavy atom. The Morgan fingerprint density at radius 1 is 0.545 bits per heavy atom. The molecule has 230 valence electrons. The van der Waals surface area contributed by atoms with Crippen LogP contribution in [0.1, 0.15) is 56.6 Å². The molecule has 0 aromatic heterocycles. The minimum absolute atomic E-state index is 0.108. The molecule has 0 aliphatic carbocycles. The van der Waals surface area contributed by atoms with E-state index < -0.39 is 36.6 Å². The molecule has 0 saturated carbocycles. The van der Waals surface area contributed by atoms with E-state index in [1.54, 1.807) is 24.3 Å². The number of hydrogen-bond donors (Lipinski definition) is 2. The van der Waals surface area contributed by atoms with Gasteiger partial charge in [-0.2, -0.15) is 0 Å². The first-order valence-electron chi connectivity index (χ1n) is 14.5. The lowest BCUT2D eigenvalue weighted by Crippen LogP contribution is -2.39. The summed E-state index contributed by atoms with van der Waals surface area (Å²) in [5.41, 5.74) is 20.3. The molecule has 0 heterocycles. The van der Waals surface area contributed by atoms with E-state index in [-0.39, 0.29) is 13.2 Å². The van der Waals surface area contributed by atoms with Crippen molar-refractivity contribution in [3.8, 4) is 0 Å². The lowest BCUT2D eigenvalue weighted by atomic mass is 10.1. The molecule has 8 nitrogen and oxygen atoms in total. The van der Waals surface area contributed by atoms with Gasteiger partial charge in [-0.3, -0.25) is 0 Å². The van der Waals surface area contributed by atoms with Crippen LogP contribution in [0.4, 0.5) is 0 Å². The predicted molar refractivity (Wildman–Crippen MR) is 168 cm³/mol. The van der Waals surface area contributed by atoms with Gasteiger partial charge in [0.25, 0.3) is 0 Å². The SMILES string of the molecule is Cc1cc(C)cc(COC(OC(=O)C(=O)OC(OCc2cc(C)cc(C)c2)[C@@H](N)c2ccccc2)[C@@H](N)c2ccccc2)c1. The maximum Gasteiger partial charge on any atom is 0.419 e. The second kappa shape index (κ2) is 15.4. The number of carbonyl (C=O) groups excluding carboxylic acids is 2. The predicted octanol–water partition coefficient (Wildman–Crippen LogP) is 5.79. The highest BCUT2D eigenvalue weighted by molar-refractivity contribution is 6.29. The Balaban J connectivity index is 1.50. The normalized spacial score (nSPS) is 13.9. The van der Waals surface area contributed by atoms with Crippen molar-refractivity contribution in [1.82, 2.24) is 0 Å². The van der Waals surface area contributed by atoms with Crippen molar-refractivity contribution in [2.24, 2.45) is 11.5 Å². The fourth-order valence-electron chi connectivity index (χ4n) is 5.06. The smallest absolute Gasteiger partial charge is 0.419 e. The summed E-state index contributed by atoms with van der Waals surface area (Å²) in [6, 6.07) is 28.3. The fraction of sp³-hybridized carbons (Fsp3) is 0.278. The molecule has 0 radical (unpaired) electrons. The molecule has 4 aromatic carbocycles. The zero-order valence-electron chi connectivity index (χ0n) is 25.6. The van der Waals surface area contributed by atoms with E-state index in [1.807, 2.05) is 100 Å². The van der Waals surface area contributed by atoms with Crippen molar-refractivity contribution < 1.29 is 28.5 Å². The van der Waals surface area contributed by atoms with E-state index in [2.05, 4.69) is 0 Å². The van der Waals surface area contributed by atoms with Gasteiger partial charge in [0.2, 0.25) is 12.6 Å². The molecular weight excluding hydrogens is 556 g/mol. The summed E-state index contributed by atoms with van der Waals surface area (Å²) in [4.78, 5) is 26.3. The Morgan fingerprint density at radius 2 is 0.864 bits per heavy atom. The summed E-state index contributed by atoms with van der Waals surface area (Å²) >= 11 is 0. The summed E-state index contributed by atoms with van der Waals surface area (Å²) in [7, 11) is 0. The second-order valence-electron chi connectivity index (χ2n) is 11.0. The van der Waals surface area contributed by atoms with Gasteiger partial charge in [0.15, 0.2) is 0 Å². The molecule has 0 spiro atoms. The second-order valence-corrected chi connectivity index (χ2v) is 11.0. The molecule has 0 aliphatic rings. The molecular formula is C36H40N2O6.